The monoisotopic (exact) mass is 245 g/mol. The van der Waals surface area contributed by atoms with Crippen molar-refractivity contribution in [3.05, 3.63) is 57.6 Å². The Morgan fingerprint density at radius 3 is 2.75 bits per heavy atom. The lowest BCUT2D eigenvalue weighted by Gasteiger charge is -2.08. The van der Waals surface area contributed by atoms with Crippen molar-refractivity contribution in [3.63, 3.8) is 0 Å². The van der Waals surface area contributed by atoms with E-state index in [9.17, 15) is 0 Å². The van der Waals surface area contributed by atoms with E-state index in [2.05, 4.69) is 46.5 Å². The van der Waals surface area contributed by atoms with Crippen LogP contribution >= 0.6 is 22.7 Å². The number of hydrogen-bond acceptors (Lipinski definition) is 3. The molecular formula is C13H11NS2. The van der Waals surface area contributed by atoms with E-state index in [0.717, 1.165) is 0 Å². The topological polar surface area (TPSA) is 26.0 Å². The molecule has 2 heterocycles. The average molecular weight is 245 g/mol. The van der Waals surface area contributed by atoms with Gasteiger partial charge in [0, 0.05) is 4.70 Å². The highest BCUT2D eigenvalue weighted by atomic mass is 32.1. The predicted octanol–water partition coefficient (Wildman–Crippen LogP) is 4.01. The molecule has 2 aromatic heterocycles. The van der Waals surface area contributed by atoms with Crippen molar-refractivity contribution in [2.24, 2.45) is 5.73 Å². The summed E-state index contributed by atoms with van der Waals surface area (Å²) in [5, 5.41) is 7.65. The van der Waals surface area contributed by atoms with Crippen LogP contribution in [0.5, 0.6) is 0 Å². The molecule has 3 aromatic rings. The Morgan fingerprint density at radius 2 is 1.94 bits per heavy atom. The van der Waals surface area contributed by atoms with Crippen LogP contribution in [0.15, 0.2) is 46.5 Å². The zero-order chi connectivity index (χ0) is 11.0. The highest BCUT2D eigenvalue weighted by molar-refractivity contribution is 7.17. The molecule has 0 saturated heterocycles. The molecule has 0 aliphatic heterocycles. The molecule has 0 unspecified atom stereocenters. The Morgan fingerprint density at radius 1 is 1.06 bits per heavy atom. The molecule has 0 radical (unpaired) electrons. The summed E-state index contributed by atoms with van der Waals surface area (Å²) < 4.78 is 1.31. The van der Waals surface area contributed by atoms with Crippen molar-refractivity contribution < 1.29 is 0 Å². The minimum Gasteiger partial charge on any atom is -0.320 e. The highest BCUT2D eigenvalue weighted by Gasteiger charge is 2.13. The van der Waals surface area contributed by atoms with E-state index >= 15 is 0 Å². The summed E-state index contributed by atoms with van der Waals surface area (Å²) >= 11 is 3.46. The van der Waals surface area contributed by atoms with Gasteiger partial charge in [0.15, 0.2) is 0 Å². The average Bonchev–Trinajstić information content (AvgIpc) is 2.98. The highest BCUT2D eigenvalue weighted by Crippen LogP contribution is 2.32. The van der Waals surface area contributed by atoms with Crippen LogP contribution in [0.4, 0.5) is 0 Å². The van der Waals surface area contributed by atoms with E-state index < -0.39 is 0 Å². The Kier molecular flexibility index (Phi) is 2.52. The summed E-state index contributed by atoms with van der Waals surface area (Å²) in [5.41, 5.74) is 8.72. The third-order valence-corrected chi connectivity index (χ3v) is 4.43. The Balaban J connectivity index is 2.12. The quantitative estimate of drug-likeness (QED) is 0.725. The van der Waals surface area contributed by atoms with Gasteiger partial charge in [-0.2, -0.15) is 11.3 Å². The molecule has 1 nitrogen and oxygen atoms in total. The zero-order valence-corrected chi connectivity index (χ0v) is 10.2. The summed E-state index contributed by atoms with van der Waals surface area (Å²) in [4.78, 5) is 0. The van der Waals surface area contributed by atoms with E-state index in [1.54, 1.807) is 22.7 Å². The zero-order valence-electron chi connectivity index (χ0n) is 8.59. The van der Waals surface area contributed by atoms with Crippen LogP contribution in [-0.4, -0.2) is 0 Å². The maximum absolute atomic E-state index is 6.28. The SMILES string of the molecule is N[C@H](c1ccsc1)c1csc2ccccc12. The van der Waals surface area contributed by atoms with E-state index in [4.69, 9.17) is 5.73 Å². The van der Waals surface area contributed by atoms with Gasteiger partial charge in [-0.3, -0.25) is 0 Å². The summed E-state index contributed by atoms with van der Waals surface area (Å²) in [6, 6.07) is 10.5. The van der Waals surface area contributed by atoms with Crippen molar-refractivity contribution in [2.75, 3.05) is 0 Å². The van der Waals surface area contributed by atoms with Crippen molar-refractivity contribution >= 4 is 32.8 Å². The summed E-state index contributed by atoms with van der Waals surface area (Å²) in [6.45, 7) is 0. The number of fused-ring (bicyclic) bond motifs is 1. The first-order valence-corrected chi connectivity index (χ1v) is 6.92. The van der Waals surface area contributed by atoms with Crippen molar-refractivity contribution in [2.45, 2.75) is 6.04 Å². The molecule has 16 heavy (non-hydrogen) atoms. The second-order valence-corrected chi connectivity index (χ2v) is 5.41. The number of hydrogen-bond donors (Lipinski definition) is 1. The van der Waals surface area contributed by atoms with E-state index in [1.807, 2.05) is 0 Å². The molecule has 0 aliphatic rings. The minimum absolute atomic E-state index is 0.00222. The standard InChI is InChI=1S/C13H11NS2/c14-13(9-5-6-15-7-9)11-8-16-12-4-2-1-3-10(11)12/h1-8,13H,14H2/t13-/m1/s1. The molecule has 2 N–H and O–H groups in total. The van der Waals surface area contributed by atoms with Gasteiger partial charge in [-0.25, -0.2) is 0 Å². The van der Waals surface area contributed by atoms with E-state index in [0.29, 0.717) is 0 Å². The van der Waals surface area contributed by atoms with Crippen molar-refractivity contribution in [3.8, 4) is 0 Å². The molecule has 0 saturated carbocycles. The lowest BCUT2D eigenvalue weighted by atomic mass is 10.0. The third kappa shape index (κ3) is 1.57. The van der Waals surface area contributed by atoms with Gasteiger partial charge in [-0.15, -0.1) is 11.3 Å². The Hall–Kier alpha value is -1.16. The summed E-state index contributed by atoms with van der Waals surface area (Å²) in [5.74, 6) is 0. The van der Waals surface area contributed by atoms with Gasteiger partial charge in [0.25, 0.3) is 0 Å². The van der Waals surface area contributed by atoms with Gasteiger partial charge in [-0.05, 0) is 44.8 Å². The minimum atomic E-state index is 0.00222. The predicted molar refractivity (Wildman–Crippen MR) is 72.2 cm³/mol. The molecular weight excluding hydrogens is 234 g/mol. The largest absolute Gasteiger partial charge is 0.320 e. The smallest absolute Gasteiger partial charge is 0.0574 e. The van der Waals surface area contributed by atoms with Gasteiger partial charge < -0.3 is 5.73 Å². The number of thiophene rings is 2. The first-order chi connectivity index (χ1) is 7.86. The molecule has 80 valence electrons. The number of nitrogens with two attached hydrogens (primary N) is 1. The molecule has 0 spiro atoms. The third-order valence-electron chi connectivity index (χ3n) is 2.75. The summed E-state index contributed by atoms with van der Waals surface area (Å²) in [6.07, 6.45) is 0. The fourth-order valence-corrected chi connectivity index (χ4v) is 3.56. The van der Waals surface area contributed by atoms with Gasteiger partial charge in [-0.1, -0.05) is 18.2 Å². The van der Waals surface area contributed by atoms with Crippen molar-refractivity contribution in [1.29, 1.82) is 0 Å². The van der Waals surface area contributed by atoms with Crippen LogP contribution in [0.1, 0.15) is 17.2 Å². The lowest BCUT2D eigenvalue weighted by Crippen LogP contribution is -2.09. The van der Waals surface area contributed by atoms with Gasteiger partial charge in [0.2, 0.25) is 0 Å². The van der Waals surface area contributed by atoms with Gasteiger partial charge >= 0.3 is 0 Å². The first kappa shape index (κ1) is 10.0. The van der Waals surface area contributed by atoms with E-state index in [1.165, 1.54) is 21.2 Å². The van der Waals surface area contributed by atoms with Crippen LogP contribution in [-0.2, 0) is 0 Å². The second-order valence-electron chi connectivity index (χ2n) is 3.72. The van der Waals surface area contributed by atoms with Crippen LogP contribution in [0.3, 0.4) is 0 Å². The molecule has 0 aliphatic carbocycles. The Labute approximate surface area is 102 Å². The van der Waals surface area contributed by atoms with Crippen molar-refractivity contribution in [1.82, 2.24) is 0 Å². The molecule has 3 rings (SSSR count). The molecule has 0 fully saturated rings. The number of benzene rings is 1. The lowest BCUT2D eigenvalue weighted by molar-refractivity contribution is 0.890. The van der Waals surface area contributed by atoms with Crippen LogP contribution < -0.4 is 5.73 Å². The second kappa shape index (κ2) is 4.01. The van der Waals surface area contributed by atoms with Crippen LogP contribution in [0.2, 0.25) is 0 Å². The Bertz CT molecular complexity index is 595. The maximum Gasteiger partial charge on any atom is 0.0574 e. The normalized spacial score (nSPS) is 13.1. The first-order valence-electron chi connectivity index (χ1n) is 5.10. The molecule has 3 heteroatoms. The maximum atomic E-state index is 6.28. The van der Waals surface area contributed by atoms with Gasteiger partial charge in [0.05, 0.1) is 6.04 Å². The molecule has 1 atom stereocenters. The number of rotatable bonds is 2. The van der Waals surface area contributed by atoms with Crippen LogP contribution in [0.25, 0.3) is 10.1 Å². The van der Waals surface area contributed by atoms with Crippen LogP contribution in [0, 0.1) is 0 Å². The summed E-state index contributed by atoms with van der Waals surface area (Å²) in [7, 11) is 0. The molecule has 0 bridgehead atoms. The molecule has 0 amide bonds. The van der Waals surface area contributed by atoms with E-state index in [-0.39, 0.29) is 6.04 Å². The fraction of sp³-hybridized carbons (Fsp3) is 0.0769. The fourth-order valence-electron chi connectivity index (χ4n) is 1.87. The van der Waals surface area contributed by atoms with Gasteiger partial charge in [0.1, 0.15) is 0 Å². The molecule has 1 aromatic carbocycles.